The largest absolute Gasteiger partial charge is 0.394 e. The Hall–Kier alpha value is -1.67. The quantitative estimate of drug-likeness (QED) is 0.148. The number of nitrogens with one attached hydrogen (secondary N) is 1. The zero-order valence-electron chi connectivity index (χ0n) is 22.9. The second-order valence-corrected chi connectivity index (χ2v) is 8.13. The molecule has 1 rings (SSSR count). The van der Waals surface area contributed by atoms with Crippen LogP contribution in [0.5, 0.6) is 0 Å². The Balaban J connectivity index is 1.69. The average molecular weight is 546 g/mol. The molecule has 0 saturated carbocycles. The first-order valence-electron chi connectivity index (χ1n) is 13.3. The number of hydrogen-bond donors (Lipinski definition) is 2. The number of hydrogen-bond acceptors (Lipinski definition) is 10. The van der Waals surface area contributed by atoms with Gasteiger partial charge in [-0.2, -0.15) is 0 Å². The summed E-state index contributed by atoms with van der Waals surface area (Å²) in [5.41, 5.74) is 2.28. The fraction of sp³-hybridized carbons (Fsp3) is 0.741. The van der Waals surface area contributed by atoms with Gasteiger partial charge in [-0.3, -0.25) is 4.79 Å². The third kappa shape index (κ3) is 23.4. The molecule has 1 aromatic rings. The van der Waals surface area contributed by atoms with Crippen molar-refractivity contribution in [2.24, 2.45) is 0 Å². The molecular weight excluding hydrogens is 498 g/mol. The summed E-state index contributed by atoms with van der Waals surface area (Å²) in [6.07, 6.45) is 0.327. The summed E-state index contributed by atoms with van der Waals surface area (Å²) in [4.78, 5) is 11.8. The molecule has 0 fully saturated rings. The summed E-state index contributed by atoms with van der Waals surface area (Å²) in [6.45, 7) is 10.1. The second kappa shape index (κ2) is 26.9. The van der Waals surface area contributed by atoms with Crippen molar-refractivity contribution in [3.8, 4) is 0 Å². The van der Waals surface area contributed by atoms with Crippen LogP contribution in [0.2, 0.25) is 0 Å². The highest BCUT2D eigenvalue weighted by Crippen LogP contribution is 2.02. The lowest BCUT2D eigenvalue weighted by Crippen LogP contribution is -2.24. The summed E-state index contributed by atoms with van der Waals surface area (Å²) < 4.78 is 43.0. The lowest BCUT2D eigenvalue weighted by atomic mass is 10.1. The number of aliphatic hydroxyl groups excluding tert-OH is 1. The van der Waals surface area contributed by atoms with Crippen LogP contribution in [0.25, 0.3) is 0 Å². The van der Waals surface area contributed by atoms with Gasteiger partial charge in [-0.1, -0.05) is 29.8 Å². The minimum absolute atomic E-state index is 0.0243. The number of carbonyl (C=O) groups excluding carboxylic acids is 1. The molecule has 2 N–H and O–H groups in total. The van der Waals surface area contributed by atoms with Gasteiger partial charge in [-0.05, 0) is 12.5 Å². The molecular formula is C27H47NO10. The Morgan fingerprint density at radius 3 is 1.29 bits per heavy atom. The van der Waals surface area contributed by atoms with Gasteiger partial charge >= 0.3 is 0 Å². The van der Waals surface area contributed by atoms with Gasteiger partial charge in [-0.25, -0.2) is 0 Å². The van der Waals surface area contributed by atoms with E-state index in [4.69, 9.17) is 43.0 Å². The summed E-state index contributed by atoms with van der Waals surface area (Å²) in [5.74, 6) is -0.0293. The highest BCUT2D eigenvalue weighted by Gasteiger charge is 2.02. The highest BCUT2D eigenvalue weighted by atomic mass is 16.6. The molecule has 11 nitrogen and oxygen atoms in total. The van der Waals surface area contributed by atoms with Gasteiger partial charge in [-0.15, -0.1) is 0 Å². The maximum atomic E-state index is 11.8. The first-order chi connectivity index (χ1) is 18.7. The normalized spacial score (nSPS) is 11.2. The molecule has 0 atom stereocenters. The standard InChI is InChI=1S/C27H47NO10/c1-25-2-4-26(5-3-25)24-28-27(30)6-8-31-10-12-33-14-16-35-18-20-37-22-23-38-21-19-36-17-15-34-13-11-32-9-7-29/h2-5,29H,6-24H2,1H3,(H,28,30). The number of rotatable bonds is 28. The van der Waals surface area contributed by atoms with E-state index < -0.39 is 0 Å². The van der Waals surface area contributed by atoms with Crippen LogP contribution in [-0.4, -0.2) is 123 Å². The molecule has 0 aliphatic carbocycles. The van der Waals surface area contributed by atoms with Crippen LogP contribution in [0.1, 0.15) is 17.5 Å². The third-order valence-electron chi connectivity index (χ3n) is 4.92. The molecule has 0 heterocycles. The number of aryl methyl sites for hydroxylation is 1. The van der Waals surface area contributed by atoms with Crippen molar-refractivity contribution in [3.05, 3.63) is 35.4 Å². The SMILES string of the molecule is Cc1ccc(CNC(=O)CCOCCOCCOCCOCCOCCOCCOCCOCCO)cc1. The van der Waals surface area contributed by atoms with Crippen LogP contribution in [0.3, 0.4) is 0 Å². The van der Waals surface area contributed by atoms with Gasteiger partial charge in [0.1, 0.15) is 0 Å². The molecule has 1 aromatic carbocycles. The lowest BCUT2D eigenvalue weighted by molar-refractivity contribution is -0.122. The van der Waals surface area contributed by atoms with E-state index in [0.29, 0.717) is 119 Å². The van der Waals surface area contributed by atoms with Crippen molar-refractivity contribution >= 4 is 5.91 Å². The van der Waals surface area contributed by atoms with Crippen molar-refractivity contribution in [3.63, 3.8) is 0 Å². The fourth-order valence-electron chi connectivity index (χ4n) is 2.87. The molecule has 1 amide bonds. The maximum Gasteiger partial charge on any atom is 0.222 e. The molecule has 0 aliphatic heterocycles. The molecule has 0 radical (unpaired) electrons. The van der Waals surface area contributed by atoms with Crippen molar-refractivity contribution < 1.29 is 47.8 Å². The molecule has 0 aromatic heterocycles. The van der Waals surface area contributed by atoms with Gasteiger partial charge < -0.3 is 48.3 Å². The maximum absolute atomic E-state index is 11.8. The third-order valence-corrected chi connectivity index (χ3v) is 4.92. The van der Waals surface area contributed by atoms with Gasteiger partial charge in [0, 0.05) is 13.0 Å². The molecule has 38 heavy (non-hydrogen) atoms. The minimum atomic E-state index is -0.0293. The second-order valence-electron chi connectivity index (χ2n) is 8.13. The molecule has 220 valence electrons. The van der Waals surface area contributed by atoms with E-state index >= 15 is 0 Å². The summed E-state index contributed by atoms with van der Waals surface area (Å²) in [7, 11) is 0. The summed E-state index contributed by atoms with van der Waals surface area (Å²) in [6, 6.07) is 8.08. The Morgan fingerprint density at radius 2 is 0.921 bits per heavy atom. The van der Waals surface area contributed by atoms with E-state index in [1.807, 2.05) is 31.2 Å². The average Bonchev–Trinajstić information content (AvgIpc) is 2.92. The zero-order chi connectivity index (χ0) is 27.4. The van der Waals surface area contributed by atoms with Crippen LogP contribution in [0.4, 0.5) is 0 Å². The van der Waals surface area contributed by atoms with E-state index in [2.05, 4.69) is 5.32 Å². The topological polar surface area (TPSA) is 123 Å². The molecule has 0 spiro atoms. The van der Waals surface area contributed by atoms with Gasteiger partial charge in [0.15, 0.2) is 0 Å². The smallest absolute Gasteiger partial charge is 0.222 e. The van der Waals surface area contributed by atoms with E-state index in [-0.39, 0.29) is 12.5 Å². The monoisotopic (exact) mass is 545 g/mol. The van der Waals surface area contributed by atoms with E-state index in [9.17, 15) is 4.79 Å². The van der Waals surface area contributed by atoms with E-state index in [1.165, 1.54) is 5.56 Å². The van der Waals surface area contributed by atoms with Crippen LogP contribution in [0, 0.1) is 6.92 Å². The van der Waals surface area contributed by atoms with Crippen LogP contribution < -0.4 is 5.32 Å². The molecule has 11 heteroatoms. The predicted octanol–water partition coefficient (Wildman–Crippen LogP) is 1.13. The summed E-state index contributed by atoms with van der Waals surface area (Å²) in [5, 5.41) is 11.4. The molecule has 0 unspecified atom stereocenters. The van der Waals surface area contributed by atoms with Crippen molar-refractivity contribution in [2.45, 2.75) is 19.9 Å². The van der Waals surface area contributed by atoms with Crippen molar-refractivity contribution in [1.82, 2.24) is 5.32 Å². The first-order valence-corrected chi connectivity index (χ1v) is 13.3. The number of aliphatic hydroxyl groups is 1. The van der Waals surface area contributed by atoms with Crippen molar-refractivity contribution in [1.29, 1.82) is 0 Å². The number of amides is 1. The van der Waals surface area contributed by atoms with Gasteiger partial charge in [0.25, 0.3) is 0 Å². The number of benzene rings is 1. The number of carbonyl (C=O) groups is 1. The Labute approximate surface area is 227 Å². The van der Waals surface area contributed by atoms with Gasteiger partial charge in [0.05, 0.1) is 112 Å². The van der Waals surface area contributed by atoms with E-state index in [1.54, 1.807) is 0 Å². The number of ether oxygens (including phenoxy) is 8. The zero-order valence-corrected chi connectivity index (χ0v) is 22.9. The highest BCUT2D eigenvalue weighted by molar-refractivity contribution is 5.75. The minimum Gasteiger partial charge on any atom is -0.394 e. The van der Waals surface area contributed by atoms with Crippen molar-refractivity contribution in [2.75, 3.05) is 112 Å². The van der Waals surface area contributed by atoms with Crippen LogP contribution >= 0.6 is 0 Å². The molecule has 0 bridgehead atoms. The predicted molar refractivity (Wildman–Crippen MR) is 141 cm³/mol. The lowest BCUT2D eigenvalue weighted by Gasteiger charge is -2.09. The molecule has 0 saturated heterocycles. The first kappa shape index (κ1) is 34.4. The van der Waals surface area contributed by atoms with Gasteiger partial charge in [0.2, 0.25) is 5.91 Å². The van der Waals surface area contributed by atoms with E-state index in [0.717, 1.165) is 5.56 Å². The Morgan fingerprint density at radius 1 is 0.579 bits per heavy atom. The fourth-order valence-corrected chi connectivity index (χ4v) is 2.87. The Bertz CT molecular complexity index is 647. The molecule has 0 aliphatic rings. The van der Waals surface area contributed by atoms with Crippen LogP contribution in [-0.2, 0) is 49.2 Å². The Kier molecular flexibility index (Phi) is 24.3. The summed E-state index contributed by atoms with van der Waals surface area (Å²) >= 11 is 0. The van der Waals surface area contributed by atoms with Crippen LogP contribution in [0.15, 0.2) is 24.3 Å².